The van der Waals surface area contributed by atoms with Crippen LogP contribution < -0.4 is 0 Å². The van der Waals surface area contributed by atoms with Crippen LogP contribution in [0.25, 0.3) is 0 Å². The fourth-order valence-electron chi connectivity index (χ4n) is 8.00. The monoisotopic (exact) mass is 919 g/mol. The van der Waals surface area contributed by atoms with E-state index >= 15 is 0 Å². The summed E-state index contributed by atoms with van der Waals surface area (Å²) in [4.78, 5) is 25.5. The van der Waals surface area contributed by atoms with E-state index in [9.17, 15) is 30.0 Å². The average molecular weight is 919 g/mol. The number of aliphatic hydroxyl groups is 4. The highest BCUT2D eigenvalue weighted by Crippen LogP contribution is 2.23. The summed E-state index contributed by atoms with van der Waals surface area (Å²) in [7, 11) is 0. The lowest BCUT2D eigenvalue weighted by atomic mass is 9.99. The molecule has 10 heteroatoms. The largest absolute Gasteiger partial charge is 0.462 e. The van der Waals surface area contributed by atoms with Gasteiger partial charge in [-0.25, -0.2) is 0 Å². The van der Waals surface area contributed by atoms with Gasteiger partial charge in [0, 0.05) is 12.8 Å². The summed E-state index contributed by atoms with van der Waals surface area (Å²) in [5, 5.41) is 40.2. The zero-order chi connectivity index (χ0) is 47.3. The Morgan fingerprint density at radius 2 is 0.862 bits per heavy atom. The number of esters is 2. The highest BCUT2D eigenvalue weighted by atomic mass is 16.7. The second-order valence-corrected chi connectivity index (χ2v) is 18.3. The molecule has 0 amide bonds. The molecule has 65 heavy (non-hydrogen) atoms. The molecule has 4 N–H and O–H groups in total. The van der Waals surface area contributed by atoms with Crippen LogP contribution in [0.3, 0.4) is 0 Å². The van der Waals surface area contributed by atoms with E-state index in [4.69, 9.17) is 18.9 Å². The molecule has 0 spiro atoms. The Kier molecular flexibility index (Phi) is 42.4. The van der Waals surface area contributed by atoms with Crippen molar-refractivity contribution in [3.63, 3.8) is 0 Å². The van der Waals surface area contributed by atoms with Gasteiger partial charge >= 0.3 is 11.9 Å². The van der Waals surface area contributed by atoms with Gasteiger partial charge in [-0.1, -0.05) is 210 Å². The van der Waals surface area contributed by atoms with Crippen LogP contribution in [-0.2, 0) is 28.5 Å². The van der Waals surface area contributed by atoms with E-state index in [0.29, 0.717) is 6.42 Å². The van der Waals surface area contributed by atoms with E-state index in [1.165, 1.54) is 141 Å². The van der Waals surface area contributed by atoms with Gasteiger partial charge in [-0.15, -0.1) is 0 Å². The lowest BCUT2D eigenvalue weighted by molar-refractivity contribution is -0.305. The number of allylic oxidation sites excluding steroid dienone is 8. The van der Waals surface area contributed by atoms with E-state index in [-0.39, 0.29) is 32.0 Å². The highest BCUT2D eigenvalue weighted by Gasteiger charge is 2.44. The summed E-state index contributed by atoms with van der Waals surface area (Å²) in [6.07, 6.45) is 48.3. The number of unbranched alkanes of at least 4 members (excludes halogenated alkanes) is 26. The van der Waals surface area contributed by atoms with Crippen molar-refractivity contribution >= 4 is 11.9 Å². The van der Waals surface area contributed by atoms with Gasteiger partial charge in [0.15, 0.2) is 12.4 Å². The molecule has 378 valence electrons. The van der Waals surface area contributed by atoms with Crippen LogP contribution in [0.15, 0.2) is 48.6 Å². The Bertz CT molecular complexity index is 1200. The first-order valence-electron chi connectivity index (χ1n) is 26.7. The van der Waals surface area contributed by atoms with Crippen LogP contribution in [0.2, 0.25) is 0 Å². The van der Waals surface area contributed by atoms with E-state index in [2.05, 4.69) is 62.5 Å². The molecule has 0 aliphatic carbocycles. The van der Waals surface area contributed by atoms with Crippen molar-refractivity contribution < 1.29 is 49.0 Å². The predicted molar refractivity (Wildman–Crippen MR) is 265 cm³/mol. The maximum Gasteiger partial charge on any atom is 0.306 e. The van der Waals surface area contributed by atoms with Crippen molar-refractivity contribution in [2.45, 2.75) is 269 Å². The van der Waals surface area contributed by atoms with Crippen molar-refractivity contribution in [1.82, 2.24) is 0 Å². The van der Waals surface area contributed by atoms with Crippen molar-refractivity contribution in [3.8, 4) is 0 Å². The Balaban J connectivity index is 2.26. The quantitative estimate of drug-likeness (QED) is 0.0264. The van der Waals surface area contributed by atoms with Gasteiger partial charge < -0.3 is 39.4 Å². The van der Waals surface area contributed by atoms with E-state index in [1.54, 1.807) is 0 Å². The first kappa shape index (κ1) is 60.7. The van der Waals surface area contributed by atoms with Crippen LogP contribution >= 0.6 is 0 Å². The number of carbonyl (C=O) groups excluding carboxylic acids is 2. The van der Waals surface area contributed by atoms with E-state index in [0.717, 1.165) is 57.8 Å². The standard InChI is InChI=1S/C55H98O10/c1-3-5-7-9-11-13-15-17-19-21-23-24-26-27-29-31-33-35-37-39-41-43-50(57)62-46-48(47-63-55-54(61)53(60)52(59)49(45-56)65-55)64-51(58)44-42-40-38-36-34-32-30-28-25-22-20-18-16-14-12-10-8-6-4-2/h12,14,18,20,25,28,32,34,48-49,52-56,59-61H,3-11,13,15-17,19,21-24,26-27,29-31,33,35-47H2,1-2H3/b14-12+,20-18+,28-25+,34-32+/t48-,49-,52+,53?,54?,55-/m0/s1. The Hall–Kier alpha value is -2.34. The Morgan fingerprint density at radius 1 is 0.477 bits per heavy atom. The zero-order valence-corrected chi connectivity index (χ0v) is 41.5. The van der Waals surface area contributed by atoms with E-state index < -0.39 is 49.4 Å². The third-order valence-electron chi connectivity index (χ3n) is 12.2. The molecule has 0 aromatic carbocycles. The molecule has 0 radical (unpaired) electrons. The summed E-state index contributed by atoms with van der Waals surface area (Å²) in [5.74, 6) is -0.834. The normalized spacial score (nSPS) is 19.6. The van der Waals surface area contributed by atoms with E-state index in [1.807, 2.05) is 0 Å². The molecule has 0 aromatic rings. The molecule has 0 saturated carbocycles. The first-order valence-corrected chi connectivity index (χ1v) is 26.7. The fourth-order valence-corrected chi connectivity index (χ4v) is 8.00. The van der Waals surface area contributed by atoms with Crippen molar-refractivity contribution in [3.05, 3.63) is 48.6 Å². The van der Waals surface area contributed by atoms with Gasteiger partial charge in [-0.2, -0.15) is 0 Å². The van der Waals surface area contributed by atoms with Crippen molar-refractivity contribution in [2.75, 3.05) is 19.8 Å². The molecule has 1 heterocycles. The summed E-state index contributed by atoms with van der Waals surface area (Å²) in [6, 6.07) is 0. The number of rotatable bonds is 45. The number of ether oxygens (including phenoxy) is 4. The summed E-state index contributed by atoms with van der Waals surface area (Å²) >= 11 is 0. The topological polar surface area (TPSA) is 152 Å². The average Bonchev–Trinajstić information content (AvgIpc) is 3.30. The minimum absolute atomic E-state index is 0.193. The Labute approximate surface area is 397 Å². The van der Waals surface area contributed by atoms with Crippen LogP contribution in [0, 0.1) is 0 Å². The zero-order valence-electron chi connectivity index (χ0n) is 41.5. The Morgan fingerprint density at radius 3 is 1.32 bits per heavy atom. The van der Waals surface area contributed by atoms with Gasteiger partial charge in [0.05, 0.1) is 13.2 Å². The number of carbonyl (C=O) groups is 2. The minimum atomic E-state index is -1.60. The van der Waals surface area contributed by atoms with Gasteiger partial charge in [0.2, 0.25) is 0 Å². The SMILES string of the molecule is CCCCC/C=C/C/C=C/C/C=C/C/C=C/CCCCCC(=O)O[C@@H](COC(=O)CCCCCCCCCCCCCCCCCCCCCCC)CO[C@H]1O[C@@H](CO)[C@@H](O)C(O)C1O. The molecule has 6 atom stereocenters. The van der Waals surface area contributed by atoms with Gasteiger partial charge in [-0.05, 0) is 57.8 Å². The maximum absolute atomic E-state index is 12.8. The van der Waals surface area contributed by atoms with Crippen molar-refractivity contribution in [1.29, 1.82) is 0 Å². The second-order valence-electron chi connectivity index (χ2n) is 18.3. The molecule has 1 aliphatic heterocycles. The second kappa shape index (κ2) is 45.4. The summed E-state index contributed by atoms with van der Waals surface area (Å²) in [5.41, 5.74) is 0. The lowest BCUT2D eigenvalue weighted by Gasteiger charge is -2.39. The van der Waals surface area contributed by atoms with Gasteiger partial charge in [0.1, 0.15) is 31.0 Å². The van der Waals surface area contributed by atoms with Crippen LogP contribution in [0.5, 0.6) is 0 Å². The number of aliphatic hydroxyl groups excluding tert-OH is 4. The molecule has 1 aliphatic rings. The fraction of sp³-hybridized carbons (Fsp3) is 0.818. The number of hydrogen-bond acceptors (Lipinski definition) is 10. The van der Waals surface area contributed by atoms with Crippen LogP contribution in [0.1, 0.15) is 232 Å². The first-order chi connectivity index (χ1) is 31.8. The maximum atomic E-state index is 12.8. The molecule has 0 bridgehead atoms. The molecule has 1 rings (SSSR count). The van der Waals surface area contributed by atoms with Crippen LogP contribution in [0.4, 0.5) is 0 Å². The van der Waals surface area contributed by atoms with Gasteiger partial charge in [-0.3, -0.25) is 9.59 Å². The summed E-state index contributed by atoms with van der Waals surface area (Å²) < 4.78 is 22.2. The third kappa shape index (κ3) is 36.4. The smallest absolute Gasteiger partial charge is 0.306 e. The lowest BCUT2D eigenvalue weighted by Crippen LogP contribution is -2.59. The minimum Gasteiger partial charge on any atom is -0.462 e. The van der Waals surface area contributed by atoms with Gasteiger partial charge in [0.25, 0.3) is 0 Å². The molecular weight excluding hydrogens is 821 g/mol. The third-order valence-corrected chi connectivity index (χ3v) is 12.2. The summed E-state index contributed by atoms with van der Waals surface area (Å²) in [6.45, 7) is 3.40. The predicted octanol–water partition coefficient (Wildman–Crippen LogP) is 12.8. The molecule has 10 nitrogen and oxygen atoms in total. The van der Waals surface area contributed by atoms with Crippen molar-refractivity contribution in [2.24, 2.45) is 0 Å². The molecular formula is C55H98O10. The van der Waals surface area contributed by atoms with Crippen LogP contribution in [-0.4, -0.2) is 89.0 Å². The molecule has 2 unspecified atom stereocenters. The molecule has 0 aromatic heterocycles. The number of hydrogen-bond donors (Lipinski definition) is 4. The highest BCUT2D eigenvalue weighted by molar-refractivity contribution is 5.70. The molecule has 1 fully saturated rings. The molecule has 1 saturated heterocycles.